The molecule has 1 atom stereocenters. The second-order valence-electron chi connectivity index (χ2n) is 6.23. The zero-order valence-electron chi connectivity index (χ0n) is 14.5. The Morgan fingerprint density at radius 3 is 2.43 bits per heavy atom. The predicted molar refractivity (Wildman–Crippen MR) is 103 cm³/mol. The normalized spacial score (nSPS) is 13.5. The molecule has 2 rings (SSSR count). The summed E-state index contributed by atoms with van der Waals surface area (Å²) < 4.78 is 7.04. The van der Waals surface area contributed by atoms with Crippen molar-refractivity contribution in [2.45, 2.75) is 26.8 Å². The van der Waals surface area contributed by atoms with Crippen molar-refractivity contribution in [2.24, 2.45) is 5.92 Å². The van der Waals surface area contributed by atoms with Gasteiger partial charge in [0.25, 0.3) is 0 Å². The Hall–Kier alpha value is -0.820. The molecule has 0 aliphatic heterocycles. The predicted octanol–water partition coefficient (Wildman–Crippen LogP) is 4.82. The summed E-state index contributed by atoms with van der Waals surface area (Å²) in [5, 5.41) is 1.13. The summed E-state index contributed by atoms with van der Waals surface area (Å²) in [6.45, 7) is 6.03. The van der Waals surface area contributed by atoms with E-state index in [1.165, 1.54) is 5.56 Å². The molecule has 0 amide bonds. The fourth-order valence-electron chi connectivity index (χ4n) is 2.54. The van der Waals surface area contributed by atoms with E-state index in [2.05, 4.69) is 44.6 Å². The Balaban J connectivity index is 2.54. The van der Waals surface area contributed by atoms with Crippen molar-refractivity contribution in [1.82, 2.24) is 13.2 Å². The van der Waals surface area contributed by atoms with Crippen LogP contribution in [0.5, 0.6) is 0 Å². The van der Waals surface area contributed by atoms with Crippen molar-refractivity contribution in [3.05, 3.63) is 34.4 Å². The molecule has 0 bridgehead atoms. The van der Waals surface area contributed by atoms with Crippen molar-refractivity contribution in [1.29, 1.82) is 0 Å². The molecule has 6 heteroatoms. The number of nitrogens with zero attached hydrogens (tertiary/aromatic N) is 3. The van der Waals surface area contributed by atoms with Crippen molar-refractivity contribution in [3.8, 4) is 0 Å². The van der Waals surface area contributed by atoms with Crippen LogP contribution in [0.1, 0.15) is 37.2 Å². The van der Waals surface area contributed by atoms with Crippen LogP contribution in [0, 0.1) is 5.92 Å². The summed E-state index contributed by atoms with van der Waals surface area (Å²) >= 11 is 5.17. The molecule has 0 aliphatic carbocycles. The number of carbonyl (C=O) groups is 1. The first-order chi connectivity index (χ1) is 10.7. The number of fused-ring (bicyclic) bond motifs is 1. The van der Waals surface area contributed by atoms with Crippen LogP contribution >= 0.6 is 28.1 Å². The van der Waals surface area contributed by atoms with E-state index in [9.17, 15) is 4.79 Å². The molecular weight excluding hydrogens is 374 g/mol. The van der Waals surface area contributed by atoms with Gasteiger partial charge in [-0.3, -0.25) is 9.36 Å². The van der Waals surface area contributed by atoms with Crippen LogP contribution in [0.25, 0.3) is 10.9 Å². The van der Waals surface area contributed by atoms with Crippen LogP contribution in [0.4, 0.5) is 0 Å². The second-order valence-corrected chi connectivity index (χ2v) is 8.61. The molecule has 4 nitrogen and oxygen atoms in total. The third-order valence-electron chi connectivity index (χ3n) is 3.82. The molecule has 0 spiro atoms. The summed E-state index contributed by atoms with van der Waals surface area (Å²) in [7, 11) is 6.12. The van der Waals surface area contributed by atoms with E-state index in [1.54, 1.807) is 16.7 Å². The summed E-state index contributed by atoms with van der Waals surface area (Å²) in [6.07, 6.45) is 2.00. The lowest BCUT2D eigenvalue weighted by Gasteiger charge is -2.25. The Morgan fingerprint density at radius 2 is 1.87 bits per heavy atom. The number of rotatable bonds is 5. The Morgan fingerprint density at radius 1 is 1.22 bits per heavy atom. The van der Waals surface area contributed by atoms with E-state index in [-0.39, 0.29) is 17.9 Å². The van der Waals surface area contributed by atoms with E-state index < -0.39 is 0 Å². The molecule has 126 valence electrons. The standard InChI is InChI=1S/C17H24BrN3OS/c1-11(2)17(22)21-10-15(12(3)20(6)23-19(4)5)14-8-7-13(18)9-16(14)21/h7-12H,1-6H3. The fraction of sp³-hybridized carbons (Fsp3) is 0.471. The third kappa shape index (κ3) is 3.99. The molecule has 0 saturated heterocycles. The molecule has 1 heterocycles. The minimum atomic E-state index is -0.0402. The van der Waals surface area contributed by atoms with Gasteiger partial charge in [-0.2, -0.15) is 0 Å². The number of benzene rings is 1. The van der Waals surface area contributed by atoms with E-state index in [0.717, 1.165) is 15.4 Å². The van der Waals surface area contributed by atoms with Gasteiger partial charge in [0.1, 0.15) is 0 Å². The van der Waals surface area contributed by atoms with Crippen LogP contribution in [0.2, 0.25) is 0 Å². The van der Waals surface area contributed by atoms with Crippen LogP contribution in [-0.2, 0) is 0 Å². The molecule has 0 saturated carbocycles. The molecule has 2 aromatic rings. The molecule has 1 aromatic carbocycles. The van der Waals surface area contributed by atoms with Crippen LogP contribution in [0.3, 0.4) is 0 Å². The van der Waals surface area contributed by atoms with E-state index in [4.69, 9.17) is 0 Å². The van der Waals surface area contributed by atoms with Gasteiger partial charge in [0, 0.05) is 40.1 Å². The highest BCUT2D eigenvalue weighted by Crippen LogP contribution is 2.34. The first-order valence-electron chi connectivity index (χ1n) is 7.65. The molecule has 0 aliphatic rings. The Bertz CT molecular complexity index is 711. The zero-order valence-corrected chi connectivity index (χ0v) is 16.9. The fourth-order valence-corrected chi connectivity index (χ4v) is 3.66. The minimum Gasteiger partial charge on any atom is -0.287 e. The first-order valence-corrected chi connectivity index (χ1v) is 9.17. The lowest BCUT2D eigenvalue weighted by molar-refractivity contribution is 0.0860. The highest BCUT2D eigenvalue weighted by atomic mass is 79.9. The topological polar surface area (TPSA) is 28.5 Å². The summed E-state index contributed by atoms with van der Waals surface area (Å²) in [5.41, 5.74) is 2.13. The quantitative estimate of drug-likeness (QED) is 0.676. The summed E-state index contributed by atoms with van der Waals surface area (Å²) in [5.74, 6) is 0.0797. The van der Waals surface area contributed by atoms with E-state index >= 15 is 0 Å². The average Bonchev–Trinajstić information content (AvgIpc) is 2.83. The van der Waals surface area contributed by atoms with Gasteiger partial charge in [-0.15, -0.1) is 0 Å². The first kappa shape index (κ1) is 18.5. The highest BCUT2D eigenvalue weighted by molar-refractivity contribution is 9.10. The number of halogens is 1. The SMILES string of the molecule is CC(C)C(=O)n1cc(C(C)N(C)SN(C)C)c2ccc(Br)cc21. The van der Waals surface area contributed by atoms with E-state index in [1.807, 2.05) is 46.3 Å². The minimum absolute atomic E-state index is 0.0402. The summed E-state index contributed by atoms with van der Waals surface area (Å²) in [6, 6.07) is 6.32. The van der Waals surface area contributed by atoms with E-state index in [0.29, 0.717) is 0 Å². The molecule has 0 fully saturated rings. The van der Waals surface area contributed by atoms with Crippen molar-refractivity contribution in [2.75, 3.05) is 21.1 Å². The van der Waals surface area contributed by atoms with Gasteiger partial charge in [0.2, 0.25) is 5.91 Å². The van der Waals surface area contributed by atoms with Crippen LogP contribution in [-0.4, -0.2) is 40.2 Å². The molecular formula is C17H24BrN3OS. The lowest BCUT2D eigenvalue weighted by atomic mass is 10.1. The maximum absolute atomic E-state index is 12.6. The molecule has 0 N–H and O–H groups in total. The second kappa shape index (κ2) is 7.38. The molecule has 23 heavy (non-hydrogen) atoms. The van der Waals surface area contributed by atoms with Crippen LogP contribution < -0.4 is 0 Å². The van der Waals surface area contributed by atoms with Gasteiger partial charge in [-0.05, 0) is 45.8 Å². The highest BCUT2D eigenvalue weighted by Gasteiger charge is 2.22. The largest absolute Gasteiger partial charge is 0.287 e. The Labute approximate surface area is 151 Å². The number of hydrogen-bond donors (Lipinski definition) is 0. The van der Waals surface area contributed by atoms with Gasteiger partial charge in [-0.25, -0.2) is 8.61 Å². The van der Waals surface area contributed by atoms with Gasteiger partial charge in [0.15, 0.2) is 0 Å². The molecule has 1 aromatic heterocycles. The van der Waals surface area contributed by atoms with Gasteiger partial charge >= 0.3 is 0 Å². The molecule has 0 radical (unpaired) electrons. The number of carbonyl (C=O) groups excluding carboxylic acids is 1. The third-order valence-corrected chi connectivity index (χ3v) is 5.21. The number of hydrogen-bond acceptors (Lipinski definition) is 4. The van der Waals surface area contributed by atoms with Gasteiger partial charge in [0.05, 0.1) is 5.52 Å². The summed E-state index contributed by atoms with van der Waals surface area (Å²) in [4.78, 5) is 12.6. The monoisotopic (exact) mass is 397 g/mol. The average molecular weight is 398 g/mol. The smallest absolute Gasteiger partial charge is 0.233 e. The maximum atomic E-state index is 12.6. The van der Waals surface area contributed by atoms with Crippen LogP contribution in [0.15, 0.2) is 28.9 Å². The van der Waals surface area contributed by atoms with Crippen molar-refractivity contribution in [3.63, 3.8) is 0 Å². The molecule has 1 unspecified atom stereocenters. The van der Waals surface area contributed by atoms with Gasteiger partial charge < -0.3 is 0 Å². The number of aromatic nitrogens is 1. The van der Waals surface area contributed by atoms with Gasteiger partial charge in [-0.1, -0.05) is 35.8 Å². The Kier molecular flexibility index (Phi) is 5.94. The maximum Gasteiger partial charge on any atom is 0.233 e. The zero-order chi connectivity index (χ0) is 17.3. The van der Waals surface area contributed by atoms with Crippen molar-refractivity contribution >= 4 is 44.9 Å². The lowest BCUT2D eigenvalue weighted by Crippen LogP contribution is -2.20. The van der Waals surface area contributed by atoms with Crippen molar-refractivity contribution < 1.29 is 4.79 Å².